The van der Waals surface area contributed by atoms with E-state index in [9.17, 15) is 0 Å². The summed E-state index contributed by atoms with van der Waals surface area (Å²) in [6.07, 6.45) is 5.47. The quantitative estimate of drug-likeness (QED) is 0.661. The van der Waals surface area contributed by atoms with Gasteiger partial charge in [0.25, 0.3) is 0 Å². The number of benzene rings is 1. The summed E-state index contributed by atoms with van der Waals surface area (Å²) in [4.78, 5) is 0. The molecule has 0 nitrogen and oxygen atoms in total. The van der Waals surface area contributed by atoms with Crippen molar-refractivity contribution in [1.29, 1.82) is 0 Å². The maximum absolute atomic E-state index is 2.50. The van der Waals surface area contributed by atoms with Crippen molar-refractivity contribution in [2.75, 3.05) is 0 Å². The Morgan fingerprint density at radius 2 is 1.67 bits per heavy atom. The highest BCUT2D eigenvalue weighted by Gasteiger charge is 2.36. The van der Waals surface area contributed by atoms with E-state index in [4.69, 9.17) is 0 Å². The third kappa shape index (κ3) is 2.96. The van der Waals surface area contributed by atoms with Crippen LogP contribution in [0.1, 0.15) is 56.7 Å². The van der Waals surface area contributed by atoms with E-state index in [1.54, 1.807) is 0 Å². The maximum Gasteiger partial charge on any atom is -0.0222 e. The Hall–Kier alpha value is -0.780. The van der Waals surface area contributed by atoms with E-state index in [1.165, 1.54) is 42.4 Å². The number of hydrogen-bond donors (Lipinski definition) is 0. The van der Waals surface area contributed by atoms with Gasteiger partial charge < -0.3 is 0 Å². The van der Waals surface area contributed by atoms with Crippen molar-refractivity contribution in [3.8, 4) is 0 Å². The maximum atomic E-state index is 2.50. The summed E-state index contributed by atoms with van der Waals surface area (Å²) >= 11 is 0. The largest absolute Gasteiger partial charge is 0.0625 e. The van der Waals surface area contributed by atoms with Gasteiger partial charge in [0.2, 0.25) is 0 Å². The molecule has 3 unspecified atom stereocenters. The zero-order chi connectivity index (χ0) is 13.3. The topological polar surface area (TPSA) is 0 Å². The second-order valence-corrected chi connectivity index (χ2v) is 7.11. The van der Waals surface area contributed by atoms with Crippen molar-refractivity contribution < 1.29 is 0 Å². The van der Waals surface area contributed by atoms with E-state index < -0.39 is 0 Å². The molecule has 1 fully saturated rings. The van der Waals surface area contributed by atoms with Crippen LogP contribution < -0.4 is 0 Å². The van der Waals surface area contributed by atoms with Gasteiger partial charge in [-0.2, -0.15) is 0 Å². The zero-order valence-electron chi connectivity index (χ0n) is 12.7. The van der Waals surface area contributed by atoms with Crippen LogP contribution >= 0.6 is 0 Å². The lowest BCUT2D eigenvalue weighted by molar-refractivity contribution is 0.0946. The summed E-state index contributed by atoms with van der Waals surface area (Å²) in [6, 6.07) is 7.03. The fraction of sp³-hybridized carbons (Fsp3) is 0.667. The fourth-order valence-electron chi connectivity index (χ4n) is 3.87. The Kier molecular flexibility index (Phi) is 3.84. The van der Waals surface area contributed by atoms with Gasteiger partial charge in [-0.15, -0.1) is 0 Å². The van der Waals surface area contributed by atoms with Crippen molar-refractivity contribution in [2.45, 2.75) is 60.3 Å². The predicted octanol–water partition coefficient (Wildman–Crippen LogP) is 5.31. The van der Waals surface area contributed by atoms with Crippen LogP contribution in [0.2, 0.25) is 0 Å². The van der Waals surface area contributed by atoms with Gasteiger partial charge in [0, 0.05) is 0 Å². The molecule has 18 heavy (non-hydrogen) atoms. The van der Waals surface area contributed by atoms with Crippen molar-refractivity contribution in [1.82, 2.24) is 0 Å². The Labute approximate surface area is 113 Å². The Bertz CT molecular complexity index is 398. The zero-order valence-corrected chi connectivity index (χ0v) is 12.7. The first-order valence-electron chi connectivity index (χ1n) is 7.46. The summed E-state index contributed by atoms with van der Waals surface area (Å²) < 4.78 is 0. The van der Waals surface area contributed by atoms with Gasteiger partial charge >= 0.3 is 0 Å². The minimum atomic E-state index is 0.498. The van der Waals surface area contributed by atoms with E-state index >= 15 is 0 Å². The molecule has 1 aliphatic carbocycles. The molecule has 100 valence electrons. The van der Waals surface area contributed by atoms with Gasteiger partial charge in [0.05, 0.1) is 0 Å². The van der Waals surface area contributed by atoms with E-state index in [1.807, 2.05) is 0 Å². The lowest BCUT2D eigenvalue weighted by Crippen LogP contribution is -2.34. The smallest absolute Gasteiger partial charge is 0.0222 e. The Morgan fingerprint density at radius 1 is 1.06 bits per heavy atom. The molecule has 3 atom stereocenters. The van der Waals surface area contributed by atoms with Gasteiger partial charge in [-0.25, -0.2) is 0 Å². The molecule has 1 saturated carbocycles. The molecule has 0 heteroatoms. The molecule has 0 aliphatic heterocycles. The first-order chi connectivity index (χ1) is 8.39. The van der Waals surface area contributed by atoms with Crippen LogP contribution in [-0.2, 0) is 6.42 Å². The molecule has 0 saturated heterocycles. The molecule has 1 aromatic carbocycles. The van der Waals surface area contributed by atoms with Gasteiger partial charge in [-0.3, -0.25) is 0 Å². The monoisotopic (exact) mass is 244 g/mol. The van der Waals surface area contributed by atoms with Crippen molar-refractivity contribution in [3.05, 3.63) is 34.9 Å². The minimum absolute atomic E-state index is 0.498. The summed E-state index contributed by atoms with van der Waals surface area (Å²) in [6.45, 7) is 11.8. The first-order valence-corrected chi connectivity index (χ1v) is 7.46. The van der Waals surface area contributed by atoms with E-state index in [2.05, 4.69) is 52.8 Å². The summed E-state index contributed by atoms with van der Waals surface area (Å²) in [7, 11) is 0. The van der Waals surface area contributed by atoms with Crippen molar-refractivity contribution in [3.63, 3.8) is 0 Å². The molecule has 0 heterocycles. The first kappa shape index (κ1) is 13.6. The van der Waals surface area contributed by atoms with Gasteiger partial charge in [0.15, 0.2) is 0 Å². The van der Waals surface area contributed by atoms with E-state index in [0.29, 0.717) is 5.41 Å². The summed E-state index contributed by atoms with van der Waals surface area (Å²) in [5, 5.41) is 0. The van der Waals surface area contributed by atoms with E-state index in [-0.39, 0.29) is 0 Å². The van der Waals surface area contributed by atoms with Crippen LogP contribution in [0.3, 0.4) is 0 Å². The van der Waals surface area contributed by atoms with E-state index in [0.717, 1.165) is 11.8 Å². The van der Waals surface area contributed by atoms with Crippen LogP contribution in [0.25, 0.3) is 0 Å². The average Bonchev–Trinajstić information content (AvgIpc) is 2.22. The van der Waals surface area contributed by atoms with Crippen LogP contribution in [-0.4, -0.2) is 0 Å². The summed E-state index contributed by atoms with van der Waals surface area (Å²) in [5.74, 6) is 1.76. The Morgan fingerprint density at radius 3 is 2.28 bits per heavy atom. The molecule has 0 bridgehead atoms. The molecule has 1 aliphatic rings. The standard InChI is InChI=1S/C18H28/c1-13-6-7-16(4)18(5,11-13)12-17-9-14(2)8-15(3)10-17/h8-10,13,16H,6-7,11-12H2,1-5H3. The highest BCUT2D eigenvalue weighted by atomic mass is 14.4. The molecule has 0 radical (unpaired) electrons. The average molecular weight is 244 g/mol. The Balaban J connectivity index is 2.20. The van der Waals surface area contributed by atoms with Gasteiger partial charge in [-0.05, 0) is 55.9 Å². The van der Waals surface area contributed by atoms with Crippen LogP contribution in [0.4, 0.5) is 0 Å². The second kappa shape index (κ2) is 5.07. The number of hydrogen-bond acceptors (Lipinski definition) is 0. The molecular weight excluding hydrogens is 216 g/mol. The molecular formula is C18H28. The predicted molar refractivity (Wildman–Crippen MR) is 79.9 cm³/mol. The summed E-state index contributed by atoms with van der Waals surface area (Å²) in [5.41, 5.74) is 4.85. The van der Waals surface area contributed by atoms with Crippen molar-refractivity contribution in [2.24, 2.45) is 17.3 Å². The number of rotatable bonds is 2. The molecule has 0 N–H and O–H groups in total. The molecule has 1 aromatic rings. The SMILES string of the molecule is Cc1cc(C)cc(CC2(C)CC(C)CCC2C)c1. The molecule has 0 aromatic heterocycles. The highest BCUT2D eigenvalue weighted by molar-refractivity contribution is 5.29. The second-order valence-electron chi connectivity index (χ2n) is 7.11. The third-order valence-electron chi connectivity index (χ3n) is 4.99. The lowest BCUT2D eigenvalue weighted by Gasteiger charge is -2.43. The van der Waals surface area contributed by atoms with Crippen LogP contribution in [0, 0.1) is 31.1 Å². The van der Waals surface area contributed by atoms with Crippen molar-refractivity contribution >= 4 is 0 Å². The fourth-order valence-corrected chi connectivity index (χ4v) is 3.87. The molecule has 2 rings (SSSR count). The minimum Gasteiger partial charge on any atom is -0.0625 e. The normalized spacial score (nSPS) is 32.5. The van der Waals surface area contributed by atoms with Crippen LogP contribution in [0.5, 0.6) is 0 Å². The van der Waals surface area contributed by atoms with Gasteiger partial charge in [-0.1, -0.05) is 56.5 Å². The number of aryl methyl sites for hydroxylation is 2. The lowest BCUT2D eigenvalue weighted by atomic mass is 9.62. The van der Waals surface area contributed by atoms with Crippen LogP contribution in [0.15, 0.2) is 18.2 Å². The highest BCUT2D eigenvalue weighted by Crippen LogP contribution is 2.45. The molecule has 0 amide bonds. The molecule has 0 spiro atoms. The van der Waals surface area contributed by atoms with Gasteiger partial charge in [0.1, 0.15) is 0 Å². The third-order valence-corrected chi connectivity index (χ3v) is 4.99.